The molecule has 0 aromatic rings. The Hall–Kier alpha value is -0.0400. The van der Waals surface area contributed by atoms with Crippen LogP contribution in [0.5, 0.6) is 0 Å². The fraction of sp³-hybridized carbons (Fsp3) is 1.00. The van der Waals surface area contributed by atoms with Gasteiger partial charge in [-0.2, -0.15) is 0 Å². The standard InChI is InChI=1S/C10H18.C9H16O/c1-2-5-9(6-3-1)10-7-4-8-10;1-2-4-8(5-3-1)9-6-10-7-9/h9-10H,1-8H2;8-9H,1-7H2. The molecule has 1 heterocycles. The quantitative estimate of drug-likeness (QED) is 0.640. The van der Waals surface area contributed by atoms with E-state index >= 15 is 0 Å². The van der Waals surface area contributed by atoms with Gasteiger partial charge in [-0.25, -0.2) is 0 Å². The van der Waals surface area contributed by atoms with Crippen molar-refractivity contribution in [3.05, 3.63) is 0 Å². The van der Waals surface area contributed by atoms with Crippen LogP contribution in [0.25, 0.3) is 0 Å². The van der Waals surface area contributed by atoms with E-state index in [1.165, 1.54) is 63.7 Å². The van der Waals surface area contributed by atoms with Gasteiger partial charge in [0.1, 0.15) is 0 Å². The largest absolute Gasteiger partial charge is 0.381 e. The number of hydrogen-bond acceptors (Lipinski definition) is 1. The van der Waals surface area contributed by atoms with Crippen LogP contribution >= 0.6 is 0 Å². The van der Waals surface area contributed by atoms with E-state index in [9.17, 15) is 0 Å². The second-order valence-corrected chi connectivity index (χ2v) is 7.78. The fourth-order valence-corrected chi connectivity index (χ4v) is 4.65. The molecule has 4 rings (SSSR count). The van der Waals surface area contributed by atoms with Gasteiger partial charge in [0.25, 0.3) is 0 Å². The normalized spacial score (nSPS) is 30.0. The molecule has 0 N–H and O–H groups in total. The molecule has 0 bridgehead atoms. The van der Waals surface area contributed by atoms with Crippen molar-refractivity contribution in [2.75, 3.05) is 13.2 Å². The number of hydrogen-bond donors (Lipinski definition) is 0. The molecule has 0 atom stereocenters. The summed E-state index contributed by atoms with van der Waals surface area (Å²) < 4.78 is 5.19. The summed E-state index contributed by atoms with van der Waals surface area (Å²) in [5, 5.41) is 0. The summed E-state index contributed by atoms with van der Waals surface area (Å²) >= 11 is 0. The second kappa shape index (κ2) is 7.82. The maximum absolute atomic E-state index is 5.19. The third kappa shape index (κ3) is 4.00. The maximum atomic E-state index is 5.19. The maximum Gasteiger partial charge on any atom is 0.0519 e. The minimum atomic E-state index is 0.945. The van der Waals surface area contributed by atoms with Gasteiger partial charge in [0, 0.05) is 5.92 Å². The van der Waals surface area contributed by atoms with E-state index in [1.807, 2.05) is 0 Å². The smallest absolute Gasteiger partial charge is 0.0519 e. The van der Waals surface area contributed by atoms with E-state index in [2.05, 4.69) is 0 Å². The highest BCUT2D eigenvalue weighted by molar-refractivity contribution is 4.79. The highest BCUT2D eigenvalue weighted by atomic mass is 16.5. The van der Waals surface area contributed by atoms with Crippen LogP contribution in [0.3, 0.4) is 0 Å². The summed E-state index contributed by atoms with van der Waals surface area (Å²) in [6, 6.07) is 0. The molecule has 20 heavy (non-hydrogen) atoms. The van der Waals surface area contributed by atoms with Crippen molar-refractivity contribution in [3.63, 3.8) is 0 Å². The molecule has 0 amide bonds. The lowest BCUT2D eigenvalue weighted by Gasteiger charge is -2.36. The lowest BCUT2D eigenvalue weighted by molar-refractivity contribution is -0.0675. The van der Waals surface area contributed by atoms with E-state index < -0.39 is 0 Å². The van der Waals surface area contributed by atoms with Crippen molar-refractivity contribution < 1.29 is 4.74 Å². The van der Waals surface area contributed by atoms with Gasteiger partial charge >= 0.3 is 0 Å². The Bertz CT molecular complexity index is 227. The Balaban J connectivity index is 0.000000121. The first-order chi connectivity index (χ1) is 9.93. The van der Waals surface area contributed by atoms with Crippen molar-refractivity contribution in [1.29, 1.82) is 0 Å². The Morgan fingerprint density at radius 3 is 1.10 bits per heavy atom. The topological polar surface area (TPSA) is 9.23 Å². The van der Waals surface area contributed by atoms with Crippen LogP contribution in [-0.4, -0.2) is 13.2 Å². The van der Waals surface area contributed by atoms with Gasteiger partial charge < -0.3 is 4.74 Å². The van der Waals surface area contributed by atoms with E-state index in [-0.39, 0.29) is 0 Å². The molecule has 1 aliphatic heterocycles. The van der Waals surface area contributed by atoms with Crippen LogP contribution in [0.1, 0.15) is 83.5 Å². The van der Waals surface area contributed by atoms with Gasteiger partial charge in [-0.15, -0.1) is 0 Å². The van der Waals surface area contributed by atoms with Crippen molar-refractivity contribution in [3.8, 4) is 0 Å². The molecule has 1 heteroatoms. The van der Waals surface area contributed by atoms with Crippen LogP contribution < -0.4 is 0 Å². The molecular formula is C19H34O. The van der Waals surface area contributed by atoms with Crippen molar-refractivity contribution in [2.45, 2.75) is 83.5 Å². The van der Waals surface area contributed by atoms with Crippen LogP contribution in [0.2, 0.25) is 0 Å². The second-order valence-electron chi connectivity index (χ2n) is 7.78. The van der Waals surface area contributed by atoms with Crippen molar-refractivity contribution in [2.24, 2.45) is 23.7 Å². The molecular weight excluding hydrogens is 244 g/mol. The van der Waals surface area contributed by atoms with Crippen LogP contribution in [-0.2, 0) is 4.74 Å². The molecule has 0 radical (unpaired) electrons. The minimum Gasteiger partial charge on any atom is -0.381 e. The third-order valence-electron chi connectivity index (χ3n) is 6.45. The van der Waals surface area contributed by atoms with E-state index in [1.54, 1.807) is 25.7 Å². The average Bonchev–Trinajstić information content (AvgIpc) is 2.38. The Kier molecular flexibility index (Phi) is 5.82. The summed E-state index contributed by atoms with van der Waals surface area (Å²) in [7, 11) is 0. The molecule has 0 aromatic carbocycles. The highest BCUT2D eigenvalue weighted by Crippen LogP contribution is 2.40. The van der Waals surface area contributed by atoms with E-state index in [4.69, 9.17) is 4.74 Å². The molecule has 4 aliphatic rings. The number of ether oxygens (including phenoxy) is 1. The molecule has 0 spiro atoms. The van der Waals surface area contributed by atoms with E-state index in [0.717, 1.165) is 31.0 Å². The van der Waals surface area contributed by atoms with E-state index in [0.29, 0.717) is 0 Å². The van der Waals surface area contributed by atoms with Crippen molar-refractivity contribution in [1.82, 2.24) is 0 Å². The SMILES string of the molecule is C1CCC(C2CCC2)CC1.C1CCC(C2COC2)CC1. The molecule has 116 valence electrons. The van der Waals surface area contributed by atoms with Crippen LogP contribution in [0, 0.1) is 23.7 Å². The van der Waals surface area contributed by atoms with Crippen LogP contribution in [0.15, 0.2) is 0 Å². The van der Waals surface area contributed by atoms with Gasteiger partial charge in [0.05, 0.1) is 13.2 Å². The fourth-order valence-electron chi connectivity index (χ4n) is 4.65. The molecule has 1 nitrogen and oxygen atoms in total. The summed E-state index contributed by atoms with van der Waals surface area (Å²) in [4.78, 5) is 0. The molecule has 0 aromatic heterocycles. The molecule has 4 fully saturated rings. The first kappa shape index (κ1) is 14.9. The van der Waals surface area contributed by atoms with Crippen LogP contribution in [0.4, 0.5) is 0 Å². The molecule has 3 aliphatic carbocycles. The molecule has 1 saturated heterocycles. The summed E-state index contributed by atoms with van der Waals surface area (Å²) in [6.07, 6.45) is 19.7. The minimum absolute atomic E-state index is 0.945. The monoisotopic (exact) mass is 278 g/mol. The summed E-state index contributed by atoms with van der Waals surface area (Å²) in [5.74, 6) is 4.30. The zero-order valence-corrected chi connectivity index (χ0v) is 13.3. The molecule has 0 unspecified atom stereocenters. The lowest BCUT2D eigenvalue weighted by Crippen LogP contribution is -2.35. The van der Waals surface area contributed by atoms with Gasteiger partial charge in [-0.1, -0.05) is 83.5 Å². The third-order valence-corrected chi connectivity index (χ3v) is 6.45. The predicted octanol–water partition coefficient (Wildman–Crippen LogP) is 5.58. The Morgan fingerprint density at radius 1 is 0.400 bits per heavy atom. The Morgan fingerprint density at radius 2 is 0.800 bits per heavy atom. The van der Waals surface area contributed by atoms with Crippen molar-refractivity contribution >= 4 is 0 Å². The van der Waals surface area contributed by atoms with Gasteiger partial charge in [-0.3, -0.25) is 0 Å². The zero-order chi connectivity index (χ0) is 13.6. The van der Waals surface area contributed by atoms with Gasteiger partial charge in [0.15, 0.2) is 0 Å². The first-order valence-corrected chi connectivity index (χ1v) is 9.51. The first-order valence-electron chi connectivity index (χ1n) is 9.51. The predicted molar refractivity (Wildman–Crippen MR) is 84.8 cm³/mol. The average molecular weight is 278 g/mol. The van der Waals surface area contributed by atoms with Gasteiger partial charge in [-0.05, 0) is 17.8 Å². The highest BCUT2D eigenvalue weighted by Gasteiger charge is 2.29. The number of rotatable bonds is 2. The summed E-state index contributed by atoms with van der Waals surface area (Å²) in [6.45, 7) is 2.12. The zero-order valence-electron chi connectivity index (χ0n) is 13.3. The molecule has 3 saturated carbocycles. The van der Waals surface area contributed by atoms with Gasteiger partial charge in [0.2, 0.25) is 0 Å². The lowest BCUT2D eigenvalue weighted by atomic mass is 9.70. The summed E-state index contributed by atoms with van der Waals surface area (Å²) in [5.41, 5.74) is 0. The Labute approximate surface area is 125 Å².